The second kappa shape index (κ2) is 16.7. The zero-order valence-electron chi connectivity index (χ0n) is 19.6. The van der Waals surface area contributed by atoms with Gasteiger partial charge in [-0.3, -0.25) is 29.6 Å². The fourth-order valence-electron chi connectivity index (χ4n) is 2.49. The second-order valence-electron chi connectivity index (χ2n) is 7.78. The lowest BCUT2D eigenvalue weighted by Crippen LogP contribution is -2.36. The molecule has 0 aliphatic rings. The van der Waals surface area contributed by atoms with Crippen LogP contribution in [0, 0.1) is 0 Å². The number of carbonyl (C=O) groups is 4. The maximum absolute atomic E-state index is 12.0. The smallest absolute Gasteiger partial charge is 0.322 e. The highest BCUT2D eigenvalue weighted by Crippen LogP contribution is 2.06. The van der Waals surface area contributed by atoms with E-state index in [1.165, 1.54) is 6.08 Å². The van der Waals surface area contributed by atoms with Crippen LogP contribution in [0.15, 0.2) is 23.3 Å². The van der Waals surface area contributed by atoms with Crippen molar-refractivity contribution in [3.05, 3.63) is 23.3 Å². The topological polar surface area (TPSA) is 217 Å². The van der Waals surface area contributed by atoms with E-state index in [-0.39, 0.29) is 52.0 Å². The molecule has 0 unspecified atom stereocenters. The number of aliphatic hydroxyl groups excluding tert-OH is 1. The first-order chi connectivity index (χ1) is 15.9. The summed E-state index contributed by atoms with van der Waals surface area (Å²) in [5.41, 5.74) is 12.2. The van der Waals surface area contributed by atoms with E-state index in [1.54, 1.807) is 13.8 Å². The summed E-state index contributed by atoms with van der Waals surface area (Å²) in [5, 5.41) is 37.7. The van der Waals surface area contributed by atoms with Gasteiger partial charge in [0.25, 0.3) is 11.8 Å². The summed E-state index contributed by atoms with van der Waals surface area (Å²) in [7, 11) is 0. The second-order valence-corrected chi connectivity index (χ2v) is 7.78. The van der Waals surface area contributed by atoms with Gasteiger partial charge >= 0.3 is 11.9 Å². The molecule has 0 bridgehead atoms. The summed E-state index contributed by atoms with van der Waals surface area (Å²) in [4.78, 5) is 46.3. The minimum atomic E-state index is -1.24. The first-order valence-corrected chi connectivity index (χ1v) is 10.8. The van der Waals surface area contributed by atoms with Crippen LogP contribution in [0.1, 0.15) is 46.0 Å². The van der Waals surface area contributed by atoms with E-state index < -0.39 is 35.8 Å². The number of ether oxygens (including phenoxy) is 1. The van der Waals surface area contributed by atoms with Crippen molar-refractivity contribution in [2.45, 2.75) is 58.0 Å². The average Bonchev–Trinajstić information content (AvgIpc) is 2.76. The molecule has 0 saturated carbocycles. The summed E-state index contributed by atoms with van der Waals surface area (Å²) < 4.78 is 5.06. The van der Waals surface area contributed by atoms with Crippen molar-refractivity contribution < 1.29 is 44.5 Å². The highest BCUT2D eigenvalue weighted by atomic mass is 16.5. The Kier molecular flexibility index (Phi) is 15.3. The zero-order chi connectivity index (χ0) is 26.3. The summed E-state index contributed by atoms with van der Waals surface area (Å²) in [6.45, 7) is 2.78. The number of nitrogens with two attached hydrogens (primary N) is 2. The summed E-state index contributed by atoms with van der Waals surface area (Å²) >= 11 is 0. The number of carboxylic acid groups (broad SMARTS) is 1. The molecule has 13 heteroatoms. The van der Waals surface area contributed by atoms with E-state index in [2.05, 4.69) is 0 Å². The van der Waals surface area contributed by atoms with Gasteiger partial charge in [-0.25, -0.2) is 10.1 Å². The number of carbonyl (C=O) groups excluding carboxylic acids is 3. The van der Waals surface area contributed by atoms with Gasteiger partial charge in [0.2, 0.25) is 0 Å². The molecule has 0 fully saturated rings. The van der Waals surface area contributed by atoms with Crippen molar-refractivity contribution in [2.75, 3.05) is 26.3 Å². The molecule has 0 aromatic rings. The molecule has 0 aliphatic heterocycles. The largest absolute Gasteiger partial charge is 0.480 e. The number of aliphatic hydroxyl groups is 1. The van der Waals surface area contributed by atoms with Crippen LogP contribution in [0.2, 0.25) is 0 Å². The third-order valence-corrected chi connectivity index (χ3v) is 4.65. The molecule has 8 N–H and O–H groups in total. The summed E-state index contributed by atoms with van der Waals surface area (Å²) in [6.07, 6.45) is 3.15. The highest BCUT2D eigenvalue weighted by Gasteiger charge is 2.17. The SMILES string of the molecule is C/C(=C/C(=O)N(O)CCC[C@H](N)C(=O)OCC/C(C)=C/C(=O)N(O)CC[C@H](N)C(=O)O)CCO. The first kappa shape index (κ1) is 31.2. The van der Waals surface area contributed by atoms with Gasteiger partial charge in [0.15, 0.2) is 0 Å². The first-order valence-electron chi connectivity index (χ1n) is 10.8. The Bertz CT molecular complexity index is 755. The van der Waals surface area contributed by atoms with Crippen molar-refractivity contribution in [2.24, 2.45) is 11.5 Å². The van der Waals surface area contributed by atoms with E-state index in [4.69, 9.17) is 26.4 Å². The molecule has 0 heterocycles. The van der Waals surface area contributed by atoms with Crippen LogP contribution in [0.4, 0.5) is 0 Å². The number of nitrogens with zero attached hydrogens (tertiary/aromatic N) is 2. The van der Waals surface area contributed by atoms with Gasteiger partial charge in [0, 0.05) is 31.7 Å². The van der Waals surface area contributed by atoms with Gasteiger partial charge in [-0.1, -0.05) is 11.1 Å². The van der Waals surface area contributed by atoms with Gasteiger partial charge in [-0.05, 0) is 39.5 Å². The minimum Gasteiger partial charge on any atom is -0.480 e. The number of hydrogen-bond donors (Lipinski definition) is 6. The lowest BCUT2D eigenvalue weighted by atomic mass is 10.1. The fraction of sp³-hybridized carbons (Fsp3) is 0.619. The van der Waals surface area contributed by atoms with Crippen LogP contribution in [0.3, 0.4) is 0 Å². The monoisotopic (exact) mass is 488 g/mol. The van der Waals surface area contributed by atoms with E-state index >= 15 is 0 Å². The normalized spacial score (nSPS) is 13.7. The summed E-state index contributed by atoms with van der Waals surface area (Å²) in [5.74, 6) is -3.32. The third kappa shape index (κ3) is 13.6. The molecular weight excluding hydrogens is 452 g/mol. The Morgan fingerprint density at radius 1 is 0.882 bits per heavy atom. The van der Waals surface area contributed by atoms with Crippen LogP contribution >= 0.6 is 0 Å². The number of aliphatic carboxylic acids is 1. The molecule has 0 spiro atoms. The molecule has 34 heavy (non-hydrogen) atoms. The molecule has 194 valence electrons. The van der Waals surface area contributed by atoms with Crippen molar-refractivity contribution in [3.63, 3.8) is 0 Å². The summed E-state index contributed by atoms with van der Waals surface area (Å²) in [6, 6.07) is -2.16. The van der Waals surface area contributed by atoms with Crippen molar-refractivity contribution in [3.8, 4) is 0 Å². The van der Waals surface area contributed by atoms with Gasteiger partial charge in [-0.15, -0.1) is 0 Å². The fourth-order valence-corrected chi connectivity index (χ4v) is 2.49. The number of amides is 2. The van der Waals surface area contributed by atoms with Crippen LogP contribution in [0.25, 0.3) is 0 Å². The lowest BCUT2D eigenvalue weighted by molar-refractivity contribution is -0.160. The van der Waals surface area contributed by atoms with Crippen molar-refractivity contribution in [1.29, 1.82) is 0 Å². The van der Waals surface area contributed by atoms with Gasteiger partial charge in [0.05, 0.1) is 13.2 Å². The lowest BCUT2D eigenvalue weighted by Gasteiger charge is -2.16. The third-order valence-electron chi connectivity index (χ3n) is 4.65. The molecule has 0 radical (unpaired) electrons. The Morgan fingerprint density at radius 2 is 1.41 bits per heavy atom. The molecule has 0 aromatic carbocycles. The highest BCUT2D eigenvalue weighted by molar-refractivity contribution is 5.87. The predicted molar refractivity (Wildman–Crippen MR) is 119 cm³/mol. The number of esters is 1. The Balaban J connectivity index is 4.29. The van der Waals surface area contributed by atoms with E-state index in [0.29, 0.717) is 27.7 Å². The minimum absolute atomic E-state index is 0.0400. The molecule has 2 amide bonds. The molecule has 2 atom stereocenters. The predicted octanol–water partition coefficient (Wildman–Crippen LogP) is -0.460. The van der Waals surface area contributed by atoms with Crippen LogP contribution < -0.4 is 11.5 Å². The Labute approximate surface area is 198 Å². The Morgan fingerprint density at radius 3 is 1.94 bits per heavy atom. The average molecular weight is 489 g/mol. The van der Waals surface area contributed by atoms with Crippen molar-refractivity contribution >= 4 is 23.8 Å². The standard InChI is InChI=1S/C21H36N4O9/c1-14(6-10-26)12-18(27)24(32)8-3-4-17(23)21(31)34-11-7-15(2)13-19(28)25(33)9-5-16(22)20(29)30/h12-13,16-17,26,32-33H,3-11,22-23H2,1-2H3,(H,29,30)/b14-12-,15-13+/t16-,17-/m0/s1. The number of hydrogen-bond acceptors (Lipinski definition) is 10. The van der Waals surface area contributed by atoms with Gasteiger partial charge in [-0.2, -0.15) is 0 Å². The molecular formula is C21H36N4O9. The number of hydroxylamine groups is 4. The Hall–Kier alpha value is -2.84. The van der Waals surface area contributed by atoms with Crippen LogP contribution in [-0.4, -0.2) is 92.9 Å². The van der Waals surface area contributed by atoms with Gasteiger partial charge in [0.1, 0.15) is 12.1 Å². The van der Waals surface area contributed by atoms with Crippen molar-refractivity contribution in [1.82, 2.24) is 10.1 Å². The quantitative estimate of drug-likeness (QED) is 0.0706. The molecule has 13 nitrogen and oxygen atoms in total. The zero-order valence-corrected chi connectivity index (χ0v) is 19.6. The molecule has 0 saturated heterocycles. The molecule has 0 aliphatic carbocycles. The maximum Gasteiger partial charge on any atom is 0.322 e. The number of rotatable bonds is 16. The number of carboxylic acids is 1. The van der Waals surface area contributed by atoms with E-state index in [9.17, 15) is 29.6 Å². The van der Waals surface area contributed by atoms with Crippen LogP contribution in [0.5, 0.6) is 0 Å². The molecule has 0 aromatic heterocycles. The molecule has 0 rings (SSSR count). The van der Waals surface area contributed by atoms with E-state index in [0.717, 1.165) is 6.08 Å². The van der Waals surface area contributed by atoms with E-state index in [1.807, 2.05) is 0 Å². The maximum atomic E-state index is 12.0. The van der Waals surface area contributed by atoms with Crippen LogP contribution in [-0.2, 0) is 23.9 Å². The van der Waals surface area contributed by atoms with Gasteiger partial charge < -0.3 is 26.4 Å².